The Morgan fingerprint density at radius 2 is 1.65 bits per heavy atom. The van der Waals surface area contributed by atoms with E-state index in [0.29, 0.717) is 16.2 Å². The third-order valence-corrected chi connectivity index (χ3v) is 6.33. The Morgan fingerprint density at radius 1 is 1.06 bits per heavy atom. The second-order valence-corrected chi connectivity index (χ2v) is 8.52. The molecule has 98 valence electrons. The normalized spacial score (nSPS) is 48.7. The Morgan fingerprint density at radius 3 is 2.12 bits per heavy atom. The predicted octanol–water partition coefficient (Wildman–Crippen LogP) is 3.84. The third-order valence-electron chi connectivity index (χ3n) is 6.33. The van der Waals surface area contributed by atoms with Crippen molar-refractivity contribution < 1.29 is 0 Å². The molecule has 2 unspecified atom stereocenters. The van der Waals surface area contributed by atoms with E-state index in [4.69, 9.17) is 0 Å². The summed E-state index contributed by atoms with van der Waals surface area (Å²) in [5.74, 6) is 2.09. The maximum absolute atomic E-state index is 3.49. The monoisotopic (exact) mass is 235 g/mol. The van der Waals surface area contributed by atoms with Crippen LogP contribution < -0.4 is 5.32 Å². The zero-order valence-corrected chi connectivity index (χ0v) is 12.1. The minimum absolute atomic E-state index is 0.504. The summed E-state index contributed by atoms with van der Waals surface area (Å²) in [6, 6.07) is 0. The Kier molecular flexibility index (Phi) is 2.47. The van der Waals surface area contributed by atoms with E-state index in [1.165, 1.54) is 38.6 Å². The van der Waals surface area contributed by atoms with Gasteiger partial charge in [0.1, 0.15) is 0 Å². The molecule has 0 saturated heterocycles. The van der Waals surface area contributed by atoms with E-state index in [1.54, 1.807) is 6.42 Å². The van der Waals surface area contributed by atoms with E-state index in [2.05, 4.69) is 33.1 Å². The topological polar surface area (TPSA) is 12.0 Å². The van der Waals surface area contributed by atoms with Crippen LogP contribution >= 0.6 is 0 Å². The molecule has 0 heterocycles. The highest BCUT2D eigenvalue weighted by molar-refractivity contribution is 5.11. The van der Waals surface area contributed by atoms with Crippen LogP contribution in [0, 0.1) is 28.1 Å². The fourth-order valence-corrected chi connectivity index (χ4v) is 5.91. The first-order chi connectivity index (χ1) is 7.88. The van der Waals surface area contributed by atoms with Gasteiger partial charge in [-0.25, -0.2) is 0 Å². The molecule has 0 aromatic carbocycles. The number of hydrogen-bond donors (Lipinski definition) is 1. The van der Waals surface area contributed by atoms with Crippen LogP contribution in [0.1, 0.15) is 59.3 Å². The highest BCUT2D eigenvalue weighted by atomic mass is 14.8. The lowest BCUT2D eigenvalue weighted by Gasteiger charge is -2.66. The maximum atomic E-state index is 3.49. The molecule has 1 N–H and O–H groups in total. The molecule has 4 rings (SSSR count). The molecule has 1 heteroatoms. The molecule has 0 spiro atoms. The minimum atomic E-state index is 0.504. The molecule has 4 bridgehead atoms. The Hall–Kier alpha value is -0.0400. The van der Waals surface area contributed by atoms with Crippen molar-refractivity contribution in [3.8, 4) is 0 Å². The molecule has 4 aliphatic carbocycles. The van der Waals surface area contributed by atoms with E-state index in [9.17, 15) is 0 Å². The van der Waals surface area contributed by atoms with E-state index in [0.717, 1.165) is 11.8 Å². The molecule has 1 nitrogen and oxygen atoms in total. The van der Waals surface area contributed by atoms with Gasteiger partial charge in [0.25, 0.3) is 0 Å². The van der Waals surface area contributed by atoms with E-state index >= 15 is 0 Å². The summed E-state index contributed by atoms with van der Waals surface area (Å²) in [4.78, 5) is 0. The molecule has 4 aliphatic rings. The maximum Gasteiger partial charge on any atom is 0.000522 e. The first kappa shape index (κ1) is 12.0. The molecule has 17 heavy (non-hydrogen) atoms. The third kappa shape index (κ3) is 1.69. The van der Waals surface area contributed by atoms with Crippen molar-refractivity contribution in [3.63, 3.8) is 0 Å². The SMILES string of the molecule is CNCC12CC3CC(C1)CC(C(C)(C)C)(C3)C2. The molecule has 0 amide bonds. The summed E-state index contributed by atoms with van der Waals surface area (Å²) in [6.45, 7) is 8.74. The average Bonchev–Trinajstić information content (AvgIpc) is 2.12. The summed E-state index contributed by atoms with van der Waals surface area (Å²) in [6.07, 6.45) is 9.13. The van der Waals surface area contributed by atoms with Crippen LogP contribution in [0.2, 0.25) is 0 Å². The molecule has 0 aliphatic heterocycles. The summed E-state index contributed by atoms with van der Waals surface area (Å²) in [5, 5.41) is 3.49. The first-order valence-corrected chi connectivity index (χ1v) is 7.53. The van der Waals surface area contributed by atoms with Gasteiger partial charge in [0.05, 0.1) is 0 Å². The lowest BCUT2D eigenvalue weighted by molar-refractivity contribution is -0.155. The summed E-state index contributed by atoms with van der Waals surface area (Å²) in [5.41, 5.74) is 1.82. The number of hydrogen-bond acceptors (Lipinski definition) is 1. The molecule has 2 atom stereocenters. The van der Waals surface area contributed by atoms with Gasteiger partial charge in [0.15, 0.2) is 0 Å². The predicted molar refractivity (Wildman–Crippen MR) is 72.9 cm³/mol. The summed E-state index contributed by atoms with van der Waals surface area (Å²) < 4.78 is 0. The lowest BCUT2D eigenvalue weighted by atomic mass is 9.39. The van der Waals surface area contributed by atoms with Crippen LogP contribution in [0.15, 0.2) is 0 Å². The van der Waals surface area contributed by atoms with Crippen molar-refractivity contribution in [1.29, 1.82) is 0 Å². The molecule has 4 saturated carbocycles. The molecule has 4 fully saturated rings. The first-order valence-electron chi connectivity index (χ1n) is 7.53. The Labute approximate surface area is 107 Å². The number of rotatable bonds is 2. The van der Waals surface area contributed by atoms with Crippen LogP contribution in [0.3, 0.4) is 0 Å². The Balaban J connectivity index is 1.94. The minimum Gasteiger partial charge on any atom is -0.319 e. The van der Waals surface area contributed by atoms with Crippen LogP contribution in [-0.4, -0.2) is 13.6 Å². The van der Waals surface area contributed by atoms with Crippen molar-refractivity contribution in [3.05, 3.63) is 0 Å². The fraction of sp³-hybridized carbons (Fsp3) is 1.00. The highest BCUT2D eigenvalue weighted by Crippen LogP contribution is 2.69. The van der Waals surface area contributed by atoms with Gasteiger partial charge in [-0.3, -0.25) is 0 Å². The quantitative estimate of drug-likeness (QED) is 0.767. The van der Waals surface area contributed by atoms with Crippen molar-refractivity contribution in [2.75, 3.05) is 13.6 Å². The van der Waals surface area contributed by atoms with Gasteiger partial charge in [-0.15, -0.1) is 0 Å². The van der Waals surface area contributed by atoms with E-state index in [-0.39, 0.29) is 0 Å². The standard InChI is InChI=1S/C16H29N/c1-14(2,3)16-8-12-5-13(9-16)7-15(6-12,10-16)11-17-4/h12-13,17H,5-11H2,1-4H3. The summed E-state index contributed by atoms with van der Waals surface area (Å²) in [7, 11) is 2.14. The fourth-order valence-electron chi connectivity index (χ4n) is 5.91. The highest BCUT2D eigenvalue weighted by Gasteiger charge is 2.60. The van der Waals surface area contributed by atoms with Gasteiger partial charge in [0, 0.05) is 6.54 Å². The lowest BCUT2D eigenvalue weighted by Crippen LogP contribution is -2.58. The van der Waals surface area contributed by atoms with Gasteiger partial charge < -0.3 is 5.32 Å². The average molecular weight is 235 g/mol. The van der Waals surface area contributed by atoms with Gasteiger partial charge in [-0.1, -0.05) is 20.8 Å². The number of nitrogens with one attached hydrogen (secondary N) is 1. The van der Waals surface area contributed by atoms with Gasteiger partial charge in [0.2, 0.25) is 0 Å². The van der Waals surface area contributed by atoms with Crippen LogP contribution in [0.5, 0.6) is 0 Å². The van der Waals surface area contributed by atoms with Crippen molar-refractivity contribution in [2.45, 2.75) is 59.3 Å². The molecule has 0 radical (unpaired) electrons. The van der Waals surface area contributed by atoms with Gasteiger partial charge in [-0.2, -0.15) is 0 Å². The molecular formula is C16H29N. The molecule has 0 aromatic heterocycles. The smallest absolute Gasteiger partial charge is 0.000522 e. The van der Waals surface area contributed by atoms with Gasteiger partial charge in [-0.05, 0) is 73.7 Å². The van der Waals surface area contributed by atoms with Crippen LogP contribution in [0.4, 0.5) is 0 Å². The molecule has 0 aromatic rings. The van der Waals surface area contributed by atoms with Crippen molar-refractivity contribution >= 4 is 0 Å². The van der Waals surface area contributed by atoms with Gasteiger partial charge >= 0.3 is 0 Å². The van der Waals surface area contributed by atoms with E-state index in [1.807, 2.05) is 0 Å². The van der Waals surface area contributed by atoms with Crippen molar-refractivity contribution in [1.82, 2.24) is 5.32 Å². The largest absolute Gasteiger partial charge is 0.319 e. The zero-order valence-electron chi connectivity index (χ0n) is 12.1. The summed E-state index contributed by atoms with van der Waals surface area (Å²) >= 11 is 0. The van der Waals surface area contributed by atoms with Crippen LogP contribution in [0.25, 0.3) is 0 Å². The van der Waals surface area contributed by atoms with Crippen molar-refractivity contribution in [2.24, 2.45) is 28.1 Å². The zero-order chi connectivity index (χ0) is 12.3. The van der Waals surface area contributed by atoms with E-state index < -0.39 is 0 Å². The van der Waals surface area contributed by atoms with Crippen LogP contribution in [-0.2, 0) is 0 Å². The molecular weight excluding hydrogens is 206 g/mol. The Bertz CT molecular complexity index is 298. The second-order valence-electron chi connectivity index (χ2n) is 8.52. The second kappa shape index (κ2) is 3.50.